The SMILES string of the molecule is O=C(CC(F)(F)F)c1cc(C(F)(F)F)ccc1F. The van der Waals surface area contributed by atoms with Gasteiger partial charge >= 0.3 is 12.4 Å². The lowest BCUT2D eigenvalue weighted by atomic mass is 10.0. The average Bonchev–Trinajstić information content (AvgIpc) is 2.13. The van der Waals surface area contributed by atoms with E-state index in [9.17, 15) is 35.5 Å². The van der Waals surface area contributed by atoms with E-state index in [1.807, 2.05) is 0 Å². The highest BCUT2D eigenvalue weighted by Gasteiger charge is 2.35. The number of alkyl halides is 6. The van der Waals surface area contributed by atoms with E-state index in [2.05, 4.69) is 0 Å². The second kappa shape index (κ2) is 4.58. The second-order valence-corrected chi connectivity index (χ2v) is 3.41. The van der Waals surface area contributed by atoms with Crippen LogP contribution in [0.3, 0.4) is 0 Å². The highest BCUT2D eigenvalue weighted by molar-refractivity contribution is 5.96. The minimum atomic E-state index is -4.90. The zero-order valence-corrected chi connectivity index (χ0v) is 8.49. The van der Waals surface area contributed by atoms with Crippen molar-refractivity contribution in [2.24, 2.45) is 0 Å². The van der Waals surface area contributed by atoms with E-state index in [-0.39, 0.29) is 6.07 Å². The summed E-state index contributed by atoms with van der Waals surface area (Å²) in [6.07, 6.45) is -11.8. The molecule has 0 radical (unpaired) electrons. The van der Waals surface area contributed by atoms with Crippen LogP contribution in [0.25, 0.3) is 0 Å². The first-order valence-electron chi connectivity index (χ1n) is 4.47. The maximum Gasteiger partial charge on any atom is 0.416 e. The largest absolute Gasteiger partial charge is 0.416 e. The van der Waals surface area contributed by atoms with Gasteiger partial charge in [-0.2, -0.15) is 26.3 Å². The Bertz CT molecular complexity index is 458. The number of hydrogen-bond acceptors (Lipinski definition) is 1. The molecular formula is C10H5F7O. The molecule has 18 heavy (non-hydrogen) atoms. The Morgan fingerprint density at radius 3 is 2.06 bits per heavy atom. The number of ketones is 1. The number of Topliss-reactive ketones (excluding diaryl/α,β-unsaturated/α-hetero) is 1. The molecule has 0 N–H and O–H groups in total. The molecule has 0 unspecified atom stereocenters. The number of carbonyl (C=O) groups is 1. The number of hydrogen-bond donors (Lipinski definition) is 0. The highest BCUT2D eigenvalue weighted by Crippen LogP contribution is 2.31. The standard InChI is InChI=1S/C10H5F7O/c11-7-2-1-5(10(15,16)17)3-6(7)8(18)4-9(12,13)14/h1-3H,4H2. The molecule has 1 rings (SSSR count). The van der Waals surface area contributed by atoms with Crippen molar-refractivity contribution < 1.29 is 35.5 Å². The van der Waals surface area contributed by atoms with Crippen LogP contribution in [-0.4, -0.2) is 12.0 Å². The Balaban J connectivity index is 3.13. The lowest BCUT2D eigenvalue weighted by Crippen LogP contribution is -2.17. The topological polar surface area (TPSA) is 17.1 Å². The third kappa shape index (κ3) is 3.71. The summed E-state index contributed by atoms with van der Waals surface area (Å²) in [7, 11) is 0. The van der Waals surface area contributed by atoms with E-state index in [0.29, 0.717) is 12.1 Å². The molecule has 1 aromatic rings. The molecule has 0 saturated carbocycles. The van der Waals surface area contributed by atoms with Crippen molar-refractivity contribution in [1.82, 2.24) is 0 Å². The summed E-state index contributed by atoms with van der Waals surface area (Å²) in [5.41, 5.74) is -2.60. The van der Waals surface area contributed by atoms with Crippen LogP contribution in [-0.2, 0) is 6.18 Å². The normalized spacial score (nSPS) is 12.6. The van der Waals surface area contributed by atoms with Gasteiger partial charge in [0, 0.05) is 0 Å². The first kappa shape index (κ1) is 14.5. The molecule has 0 aliphatic heterocycles. The molecule has 100 valence electrons. The Morgan fingerprint density at radius 2 is 1.61 bits per heavy atom. The maximum absolute atomic E-state index is 13.0. The van der Waals surface area contributed by atoms with E-state index in [1.165, 1.54) is 0 Å². The molecule has 0 fully saturated rings. The van der Waals surface area contributed by atoms with E-state index in [4.69, 9.17) is 0 Å². The Hall–Kier alpha value is -1.60. The molecule has 0 bridgehead atoms. The van der Waals surface area contributed by atoms with Crippen LogP contribution in [0, 0.1) is 5.82 Å². The van der Waals surface area contributed by atoms with Gasteiger partial charge in [0.1, 0.15) is 12.2 Å². The summed E-state index contributed by atoms with van der Waals surface area (Å²) in [5, 5.41) is 0. The van der Waals surface area contributed by atoms with E-state index >= 15 is 0 Å². The Morgan fingerprint density at radius 1 is 1.06 bits per heavy atom. The van der Waals surface area contributed by atoms with Crippen molar-refractivity contribution in [3.8, 4) is 0 Å². The van der Waals surface area contributed by atoms with Crippen LogP contribution in [0.15, 0.2) is 18.2 Å². The van der Waals surface area contributed by atoms with Crippen molar-refractivity contribution in [2.45, 2.75) is 18.8 Å². The van der Waals surface area contributed by atoms with Gasteiger partial charge in [-0.05, 0) is 18.2 Å². The van der Waals surface area contributed by atoms with Crippen LogP contribution >= 0.6 is 0 Å². The number of rotatable bonds is 2. The first-order chi connectivity index (χ1) is 8.00. The van der Waals surface area contributed by atoms with Crippen molar-refractivity contribution in [3.05, 3.63) is 35.1 Å². The van der Waals surface area contributed by atoms with Crippen molar-refractivity contribution in [2.75, 3.05) is 0 Å². The van der Waals surface area contributed by atoms with Gasteiger partial charge in [0.2, 0.25) is 0 Å². The van der Waals surface area contributed by atoms with Gasteiger partial charge in [-0.25, -0.2) is 4.39 Å². The lowest BCUT2D eigenvalue weighted by molar-refractivity contribution is -0.137. The molecular weight excluding hydrogens is 269 g/mol. The van der Waals surface area contributed by atoms with Gasteiger partial charge in [0.15, 0.2) is 5.78 Å². The van der Waals surface area contributed by atoms with Crippen molar-refractivity contribution >= 4 is 5.78 Å². The second-order valence-electron chi connectivity index (χ2n) is 3.41. The zero-order chi connectivity index (χ0) is 14.1. The molecule has 0 saturated heterocycles. The Kier molecular flexibility index (Phi) is 3.68. The molecule has 8 heteroatoms. The predicted octanol–water partition coefficient (Wildman–Crippen LogP) is 3.98. The summed E-state index contributed by atoms with van der Waals surface area (Å²) < 4.78 is 85.4. The van der Waals surface area contributed by atoms with Gasteiger partial charge in [-0.3, -0.25) is 4.79 Å². The Labute approximate surface area is 96.2 Å². The summed E-state index contributed by atoms with van der Waals surface area (Å²) in [6.45, 7) is 0. The van der Waals surface area contributed by atoms with E-state index in [1.54, 1.807) is 0 Å². The smallest absolute Gasteiger partial charge is 0.294 e. The van der Waals surface area contributed by atoms with Crippen LogP contribution in [0.4, 0.5) is 30.7 Å². The molecule has 0 aliphatic carbocycles. The molecule has 0 spiro atoms. The monoisotopic (exact) mass is 274 g/mol. The van der Waals surface area contributed by atoms with Crippen LogP contribution in [0.1, 0.15) is 22.3 Å². The lowest BCUT2D eigenvalue weighted by Gasteiger charge is -2.10. The molecule has 0 atom stereocenters. The number of halogens is 7. The molecule has 1 aromatic carbocycles. The van der Waals surface area contributed by atoms with Crippen molar-refractivity contribution in [1.29, 1.82) is 0 Å². The summed E-state index contributed by atoms with van der Waals surface area (Å²) >= 11 is 0. The fourth-order valence-electron chi connectivity index (χ4n) is 1.19. The third-order valence-corrected chi connectivity index (χ3v) is 1.96. The van der Waals surface area contributed by atoms with Gasteiger partial charge < -0.3 is 0 Å². The number of carbonyl (C=O) groups excluding carboxylic acids is 1. The van der Waals surface area contributed by atoms with E-state index < -0.39 is 41.5 Å². The molecule has 0 aliphatic rings. The molecule has 0 amide bonds. The summed E-state index contributed by atoms with van der Waals surface area (Å²) in [6, 6.07) is 0.732. The minimum Gasteiger partial charge on any atom is -0.294 e. The highest BCUT2D eigenvalue weighted by atomic mass is 19.4. The molecule has 0 heterocycles. The summed E-state index contributed by atoms with van der Waals surface area (Å²) in [4.78, 5) is 11.0. The quantitative estimate of drug-likeness (QED) is 0.589. The molecule has 1 nitrogen and oxygen atoms in total. The zero-order valence-electron chi connectivity index (χ0n) is 8.49. The predicted molar refractivity (Wildman–Crippen MR) is 46.4 cm³/mol. The minimum absolute atomic E-state index is 0.0728. The molecule has 0 aromatic heterocycles. The fourth-order valence-corrected chi connectivity index (χ4v) is 1.19. The van der Waals surface area contributed by atoms with Crippen LogP contribution < -0.4 is 0 Å². The fraction of sp³-hybridized carbons (Fsp3) is 0.300. The van der Waals surface area contributed by atoms with Crippen LogP contribution in [0.2, 0.25) is 0 Å². The van der Waals surface area contributed by atoms with Crippen molar-refractivity contribution in [3.63, 3.8) is 0 Å². The van der Waals surface area contributed by atoms with E-state index in [0.717, 1.165) is 0 Å². The summed E-state index contributed by atoms with van der Waals surface area (Å²) in [5.74, 6) is -3.16. The van der Waals surface area contributed by atoms with Crippen LogP contribution in [0.5, 0.6) is 0 Å². The number of benzene rings is 1. The van der Waals surface area contributed by atoms with Gasteiger partial charge in [0.25, 0.3) is 0 Å². The van der Waals surface area contributed by atoms with Gasteiger partial charge in [-0.1, -0.05) is 0 Å². The maximum atomic E-state index is 13.0. The van der Waals surface area contributed by atoms with Gasteiger partial charge in [-0.15, -0.1) is 0 Å². The van der Waals surface area contributed by atoms with Gasteiger partial charge in [0.05, 0.1) is 11.1 Å². The first-order valence-corrected chi connectivity index (χ1v) is 4.47. The average molecular weight is 274 g/mol. The third-order valence-electron chi connectivity index (χ3n) is 1.96.